The summed E-state index contributed by atoms with van der Waals surface area (Å²) in [5.74, 6) is 0. The smallest absolute Gasteiger partial charge is 0.0652 e. The van der Waals surface area contributed by atoms with E-state index in [1.807, 2.05) is 7.11 Å². The van der Waals surface area contributed by atoms with Crippen LogP contribution in [0.3, 0.4) is 0 Å². The Hall–Kier alpha value is -0.120. The Morgan fingerprint density at radius 2 is 1.89 bits per heavy atom. The second-order valence-electron chi connectivity index (χ2n) is 7.30. The van der Waals surface area contributed by atoms with Gasteiger partial charge in [0.2, 0.25) is 0 Å². The minimum Gasteiger partial charge on any atom is -0.381 e. The molecule has 2 fully saturated rings. The second-order valence-corrected chi connectivity index (χ2v) is 7.30. The first-order valence-corrected chi connectivity index (χ1v) is 8.00. The fourth-order valence-corrected chi connectivity index (χ4v) is 4.00. The van der Waals surface area contributed by atoms with E-state index in [9.17, 15) is 0 Å². The lowest BCUT2D eigenvalue weighted by Gasteiger charge is -2.52. The minimum absolute atomic E-state index is 0.275. The molecule has 112 valence electrons. The Kier molecular flexibility index (Phi) is 4.91. The van der Waals surface area contributed by atoms with E-state index < -0.39 is 0 Å². The number of methoxy groups -OCH3 is 1. The molecule has 3 heteroatoms. The molecule has 0 aliphatic heterocycles. The van der Waals surface area contributed by atoms with Crippen LogP contribution in [-0.4, -0.2) is 32.3 Å². The Morgan fingerprint density at radius 1 is 1.21 bits per heavy atom. The van der Waals surface area contributed by atoms with Crippen LogP contribution in [-0.2, 0) is 4.74 Å². The fourth-order valence-electron chi connectivity index (χ4n) is 4.00. The van der Waals surface area contributed by atoms with Gasteiger partial charge < -0.3 is 15.8 Å². The average molecular weight is 268 g/mol. The normalized spacial score (nSPS) is 32.8. The van der Waals surface area contributed by atoms with Crippen LogP contribution in [0.1, 0.15) is 58.8 Å². The lowest BCUT2D eigenvalue weighted by atomic mass is 9.64. The van der Waals surface area contributed by atoms with Gasteiger partial charge >= 0.3 is 0 Å². The molecule has 2 atom stereocenters. The molecular formula is C16H32N2O. The van der Waals surface area contributed by atoms with Gasteiger partial charge in [-0.3, -0.25) is 0 Å². The monoisotopic (exact) mass is 268 g/mol. The first-order chi connectivity index (χ1) is 9.04. The molecule has 0 radical (unpaired) electrons. The van der Waals surface area contributed by atoms with Crippen molar-refractivity contribution < 1.29 is 4.74 Å². The van der Waals surface area contributed by atoms with E-state index >= 15 is 0 Å². The molecule has 0 spiro atoms. The molecule has 2 saturated carbocycles. The molecule has 0 aromatic heterocycles. The van der Waals surface area contributed by atoms with Gasteiger partial charge in [-0.1, -0.05) is 33.1 Å². The molecule has 0 aromatic rings. The predicted octanol–water partition coefficient (Wildman–Crippen LogP) is 2.69. The molecule has 2 rings (SSSR count). The van der Waals surface area contributed by atoms with Gasteiger partial charge in [-0.15, -0.1) is 0 Å². The first-order valence-electron chi connectivity index (χ1n) is 8.00. The van der Waals surface area contributed by atoms with Gasteiger partial charge in [-0.25, -0.2) is 0 Å². The van der Waals surface area contributed by atoms with Crippen LogP contribution in [0.5, 0.6) is 0 Å². The van der Waals surface area contributed by atoms with Crippen molar-refractivity contribution in [2.75, 3.05) is 20.2 Å². The van der Waals surface area contributed by atoms with E-state index in [2.05, 4.69) is 19.2 Å². The van der Waals surface area contributed by atoms with Crippen LogP contribution in [0.15, 0.2) is 0 Å². The summed E-state index contributed by atoms with van der Waals surface area (Å²) >= 11 is 0. The highest BCUT2D eigenvalue weighted by Crippen LogP contribution is 2.43. The van der Waals surface area contributed by atoms with Crippen LogP contribution in [0.4, 0.5) is 0 Å². The number of nitrogens with two attached hydrogens (primary N) is 1. The third-order valence-corrected chi connectivity index (χ3v) is 5.86. The molecule has 0 aromatic carbocycles. The van der Waals surface area contributed by atoms with Gasteiger partial charge in [0.15, 0.2) is 0 Å². The van der Waals surface area contributed by atoms with Crippen molar-refractivity contribution in [2.45, 2.75) is 70.9 Å². The number of rotatable bonds is 6. The summed E-state index contributed by atoms with van der Waals surface area (Å²) in [5, 5.41) is 3.74. The van der Waals surface area contributed by atoms with Gasteiger partial charge in [-0.05, 0) is 44.2 Å². The molecule has 3 nitrogen and oxygen atoms in total. The number of hydrogen-bond donors (Lipinski definition) is 2. The Morgan fingerprint density at radius 3 is 2.42 bits per heavy atom. The molecule has 0 saturated heterocycles. The van der Waals surface area contributed by atoms with E-state index in [-0.39, 0.29) is 5.41 Å². The summed E-state index contributed by atoms with van der Waals surface area (Å²) in [5.41, 5.74) is 6.76. The third-order valence-electron chi connectivity index (χ3n) is 5.86. The van der Waals surface area contributed by atoms with E-state index in [1.54, 1.807) is 0 Å². The summed E-state index contributed by atoms with van der Waals surface area (Å²) in [7, 11) is 1.83. The minimum atomic E-state index is 0.275. The highest BCUT2D eigenvalue weighted by atomic mass is 16.5. The maximum Gasteiger partial charge on any atom is 0.0652 e. The highest BCUT2D eigenvalue weighted by Gasteiger charge is 2.48. The molecule has 0 heterocycles. The Balaban J connectivity index is 1.74. The molecular weight excluding hydrogens is 236 g/mol. The zero-order chi connectivity index (χ0) is 13.9. The van der Waals surface area contributed by atoms with E-state index in [4.69, 9.17) is 10.5 Å². The van der Waals surface area contributed by atoms with Crippen LogP contribution in [0.2, 0.25) is 0 Å². The first kappa shape index (κ1) is 15.3. The van der Waals surface area contributed by atoms with Crippen LogP contribution in [0, 0.1) is 10.8 Å². The van der Waals surface area contributed by atoms with Crippen molar-refractivity contribution in [3.63, 3.8) is 0 Å². The van der Waals surface area contributed by atoms with Gasteiger partial charge in [0.1, 0.15) is 0 Å². The largest absolute Gasteiger partial charge is 0.381 e. The lowest BCUT2D eigenvalue weighted by molar-refractivity contribution is -0.0978. The van der Waals surface area contributed by atoms with Gasteiger partial charge in [0, 0.05) is 18.6 Å². The number of hydrogen-bond acceptors (Lipinski definition) is 3. The zero-order valence-corrected chi connectivity index (χ0v) is 13.0. The highest BCUT2D eigenvalue weighted by molar-refractivity contribution is 5.02. The summed E-state index contributed by atoms with van der Waals surface area (Å²) in [6.07, 6.45) is 9.63. The third kappa shape index (κ3) is 3.14. The molecule has 3 N–H and O–H groups in total. The lowest BCUT2D eigenvalue weighted by Crippen LogP contribution is -2.61. The summed E-state index contributed by atoms with van der Waals surface area (Å²) in [6, 6.07) is 0.607. The van der Waals surface area contributed by atoms with Gasteiger partial charge in [-0.2, -0.15) is 0 Å². The molecule has 0 bridgehead atoms. The van der Waals surface area contributed by atoms with E-state index in [0.717, 1.165) is 19.5 Å². The summed E-state index contributed by atoms with van der Waals surface area (Å²) in [4.78, 5) is 0. The maximum atomic E-state index is 6.05. The number of nitrogens with one attached hydrogen (secondary N) is 1. The van der Waals surface area contributed by atoms with Crippen molar-refractivity contribution in [3.8, 4) is 0 Å². The molecule has 19 heavy (non-hydrogen) atoms. The van der Waals surface area contributed by atoms with Crippen molar-refractivity contribution in [1.82, 2.24) is 5.32 Å². The van der Waals surface area contributed by atoms with Crippen molar-refractivity contribution in [1.29, 1.82) is 0 Å². The standard InChI is InChI=1S/C16H32N2O/c1-15(2)13(11-14(15)19-3)18-10-9-16(12-17)7-5-4-6-8-16/h13-14,18H,4-12,17H2,1-3H3. The predicted molar refractivity (Wildman–Crippen MR) is 80.2 cm³/mol. The summed E-state index contributed by atoms with van der Waals surface area (Å²) in [6.45, 7) is 6.59. The Labute approximate surface area is 118 Å². The molecule has 2 unspecified atom stereocenters. The maximum absolute atomic E-state index is 6.05. The fraction of sp³-hybridized carbons (Fsp3) is 1.00. The molecule has 2 aliphatic carbocycles. The SMILES string of the molecule is COC1CC(NCCC2(CN)CCCCC2)C1(C)C. The van der Waals surface area contributed by atoms with Crippen molar-refractivity contribution in [3.05, 3.63) is 0 Å². The van der Waals surface area contributed by atoms with Gasteiger partial charge in [0.25, 0.3) is 0 Å². The molecule has 0 amide bonds. The van der Waals surface area contributed by atoms with Crippen molar-refractivity contribution >= 4 is 0 Å². The quantitative estimate of drug-likeness (QED) is 0.778. The topological polar surface area (TPSA) is 47.3 Å². The summed E-state index contributed by atoms with van der Waals surface area (Å²) < 4.78 is 5.51. The van der Waals surface area contributed by atoms with Crippen LogP contribution >= 0.6 is 0 Å². The number of ether oxygens (including phenoxy) is 1. The van der Waals surface area contributed by atoms with Gasteiger partial charge in [0.05, 0.1) is 6.10 Å². The molecule has 2 aliphatic rings. The van der Waals surface area contributed by atoms with Crippen molar-refractivity contribution in [2.24, 2.45) is 16.6 Å². The zero-order valence-electron chi connectivity index (χ0n) is 13.0. The van der Waals surface area contributed by atoms with Crippen LogP contribution in [0.25, 0.3) is 0 Å². The Bertz CT molecular complexity index is 284. The second kappa shape index (κ2) is 6.11. The average Bonchev–Trinajstić information content (AvgIpc) is 2.43. The van der Waals surface area contributed by atoms with E-state index in [1.165, 1.54) is 38.5 Å². The van der Waals surface area contributed by atoms with E-state index in [0.29, 0.717) is 17.6 Å². The van der Waals surface area contributed by atoms with Crippen LogP contribution < -0.4 is 11.1 Å².